The summed E-state index contributed by atoms with van der Waals surface area (Å²) < 4.78 is 5.31. The molecule has 0 aromatic rings. The van der Waals surface area contributed by atoms with Crippen molar-refractivity contribution >= 4 is 6.21 Å². The maximum absolute atomic E-state index is 8.45. The van der Waals surface area contributed by atoms with Crippen molar-refractivity contribution in [1.29, 1.82) is 0 Å². The van der Waals surface area contributed by atoms with E-state index in [4.69, 9.17) is 9.84 Å². The Morgan fingerprint density at radius 1 is 1.38 bits per heavy atom. The number of hydrogen-bond acceptors (Lipinski definition) is 4. The molecule has 0 radical (unpaired) electrons. The standard InChI is InChI=1S/C9H20N2O2/c1-2-10-4-3-8-13-9-6-11-5-7-12/h2,11-12H,3-9H2,1H3. The molecule has 0 heterocycles. The smallest absolute Gasteiger partial charge is 0.0590 e. The van der Waals surface area contributed by atoms with Gasteiger partial charge >= 0.3 is 0 Å². The Kier molecular flexibility index (Phi) is 11.2. The minimum absolute atomic E-state index is 0.186. The molecular weight excluding hydrogens is 168 g/mol. The van der Waals surface area contributed by atoms with Crippen LogP contribution in [0.1, 0.15) is 13.3 Å². The molecule has 0 atom stereocenters. The van der Waals surface area contributed by atoms with Crippen LogP contribution in [0, 0.1) is 0 Å². The van der Waals surface area contributed by atoms with E-state index in [1.807, 2.05) is 13.1 Å². The number of aliphatic imine (C=N–C) groups is 1. The van der Waals surface area contributed by atoms with Crippen molar-refractivity contribution in [3.63, 3.8) is 0 Å². The number of aliphatic hydroxyl groups excluding tert-OH is 1. The molecule has 2 N–H and O–H groups in total. The van der Waals surface area contributed by atoms with Crippen molar-refractivity contribution in [2.45, 2.75) is 13.3 Å². The summed E-state index contributed by atoms with van der Waals surface area (Å²) in [7, 11) is 0. The average Bonchev–Trinajstić information content (AvgIpc) is 2.16. The highest BCUT2D eigenvalue weighted by molar-refractivity contribution is 5.53. The van der Waals surface area contributed by atoms with E-state index in [2.05, 4.69) is 10.3 Å². The minimum atomic E-state index is 0.186. The number of nitrogens with zero attached hydrogens (tertiary/aromatic N) is 1. The number of rotatable bonds is 9. The lowest BCUT2D eigenvalue weighted by Crippen LogP contribution is -2.23. The van der Waals surface area contributed by atoms with Crippen LogP contribution in [-0.4, -0.2) is 50.8 Å². The second-order valence-electron chi connectivity index (χ2n) is 2.60. The predicted molar refractivity (Wildman–Crippen MR) is 54.4 cm³/mol. The van der Waals surface area contributed by atoms with Gasteiger partial charge in [-0.15, -0.1) is 0 Å². The lowest BCUT2D eigenvalue weighted by atomic mass is 10.4. The molecule has 0 fully saturated rings. The van der Waals surface area contributed by atoms with Crippen LogP contribution in [0.15, 0.2) is 4.99 Å². The van der Waals surface area contributed by atoms with Crippen LogP contribution in [0.2, 0.25) is 0 Å². The second-order valence-corrected chi connectivity index (χ2v) is 2.60. The monoisotopic (exact) mass is 188 g/mol. The molecule has 0 saturated carbocycles. The third kappa shape index (κ3) is 11.5. The first-order valence-electron chi connectivity index (χ1n) is 4.75. The molecule has 0 aliphatic rings. The third-order valence-electron chi connectivity index (χ3n) is 1.47. The Labute approximate surface area is 80.0 Å². The van der Waals surface area contributed by atoms with Crippen LogP contribution in [-0.2, 0) is 4.74 Å². The summed E-state index contributed by atoms with van der Waals surface area (Å²) in [6.07, 6.45) is 2.78. The van der Waals surface area contributed by atoms with Crippen molar-refractivity contribution in [2.75, 3.05) is 39.5 Å². The van der Waals surface area contributed by atoms with Crippen LogP contribution in [0.4, 0.5) is 0 Å². The molecule has 78 valence electrons. The number of ether oxygens (including phenoxy) is 1. The summed E-state index contributed by atoms with van der Waals surface area (Å²) >= 11 is 0. The Bertz CT molecular complexity index is 118. The average molecular weight is 188 g/mol. The van der Waals surface area contributed by atoms with Crippen LogP contribution < -0.4 is 5.32 Å². The van der Waals surface area contributed by atoms with Crippen molar-refractivity contribution < 1.29 is 9.84 Å². The number of aliphatic hydroxyl groups is 1. The topological polar surface area (TPSA) is 53.8 Å². The lowest BCUT2D eigenvalue weighted by Gasteiger charge is -2.03. The molecular formula is C9H20N2O2. The number of nitrogens with one attached hydrogen (secondary N) is 1. The van der Waals surface area contributed by atoms with Crippen molar-refractivity contribution in [3.05, 3.63) is 0 Å². The predicted octanol–water partition coefficient (Wildman–Crippen LogP) is 0.0657. The van der Waals surface area contributed by atoms with Crippen LogP contribution in [0.5, 0.6) is 0 Å². The van der Waals surface area contributed by atoms with Gasteiger partial charge in [-0.05, 0) is 19.6 Å². The third-order valence-corrected chi connectivity index (χ3v) is 1.47. The molecule has 0 saturated heterocycles. The zero-order chi connectivity index (χ0) is 9.78. The Hall–Kier alpha value is -0.450. The Morgan fingerprint density at radius 3 is 2.92 bits per heavy atom. The van der Waals surface area contributed by atoms with Gasteiger partial charge in [-0.3, -0.25) is 4.99 Å². The molecule has 0 aliphatic heterocycles. The SMILES string of the molecule is CC=NCCCOCCNCCO. The van der Waals surface area contributed by atoms with E-state index in [1.165, 1.54) is 0 Å². The van der Waals surface area contributed by atoms with Gasteiger partial charge in [-0.25, -0.2) is 0 Å². The zero-order valence-corrected chi connectivity index (χ0v) is 8.33. The largest absolute Gasteiger partial charge is 0.395 e. The number of hydrogen-bond donors (Lipinski definition) is 2. The summed E-state index contributed by atoms with van der Waals surface area (Å²) in [5, 5.41) is 11.5. The molecule has 0 aliphatic carbocycles. The fourth-order valence-electron chi connectivity index (χ4n) is 0.837. The van der Waals surface area contributed by atoms with Gasteiger partial charge in [0, 0.05) is 26.2 Å². The van der Waals surface area contributed by atoms with Crippen molar-refractivity contribution in [1.82, 2.24) is 5.32 Å². The first kappa shape index (κ1) is 12.6. The molecule has 0 aromatic heterocycles. The minimum Gasteiger partial charge on any atom is -0.395 e. The van der Waals surface area contributed by atoms with Crippen LogP contribution >= 0.6 is 0 Å². The molecule has 0 bridgehead atoms. The molecule has 0 rings (SSSR count). The van der Waals surface area contributed by atoms with Gasteiger partial charge in [0.1, 0.15) is 0 Å². The van der Waals surface area contributed by atoms with Gasteiger partial charge < -0.3 is 15.2 Å². The molecule has 4 heteroatoms. The Balaban J connectivity index is 2.83. The molecule has 4 nitrogen and oxygen atoms in total. The zero-order valence-electron chi connectivity index (χ0n) is 8.33. The summed E-state index contributed by atoms with van der Waals surface area (Å²) in [5.41, 5.74) is 0. The molecule has 13 heavy (non-hydrogen) atoms. The van der Waals surface area contributed by atoms with Gasteiger partial charge in [-0.1, -0.05) is 0 Å². The summed E-state index contributed by atoms with van der Waals surface area (Å²) in [6, 6.07) is 0. The van der Waals surface area contributed by atoms with E-state index >= 15 is 0 Å². The van der Waals surface area contributed by atoms with Crippen molar-refractivity contribution in [3.8, 4) is 0 Å². The normalized spacial score (nSPS) is 11.2. The fourth-order valence-corrected chi connectivity index (χ4v) is 0.837. The van der Waals surface area contributed by atoms with Crippen LogP contribution in [0.25, 0.3) is 0 Å². The van der Waals surface area contributed by atoms with E-state index in [1.54, 1.807) is 0 Å². The second kappa shape index (κ2) is 11.6. The molecule has 0 amide bonds. The lowest BCUT2D eigenvalue weighted by molar-refractivity contribution is 0.134. The van der Waals surface area contributed by atoms with E-state index in [9.17, 15) is 0 Å². The highest BCUT2D eigenvalue weighted by Crippen LogP contribution is 1.82. The highest BCUT2D eigenvalue weighted by Gasteiger charge is 1.88. The molecule has 0 aromatic carbocycles. The highest BCUT2D eigenvalue weighted by atomic mass is 16.5. The maximum atomic E-state index is 8.45. The van der Waals surface area contributed by atoms with Gasteiger partial charge in [0.15, 0.2) is 0 Å². The van der Waals surface area contributed by atoms with Gasteiger partial charge in [0.05, 0.1) is 13.2 Å². The first-order valence-corrected chi connectivity index (χ1v) is 4.75. The summed E-state index contributed by atoms with van der Waals surface area (Å²) in [5.74, 6) is 0. The quantitative estimate of drug-likeness (QED) is 0.397. The van der Waals surface area contributed by atoms with Gasteiger partial charge in [-0.2, -0.15) is 0 Å². The summed E-state index contributed by atoms with van der Waals surface area (Å²) in [6.45, 7) is 5.86. The van der Waals surface area contributed by atoms with Gasteiger partial charge in [0.2, 0.25) is 0 Å². The molecule has 0 spiro atoms. The van der Waals surface area contributed by atoms with E-state index in [0.29, 0.717) is 13.2 Å². The van der Waals surface area contributed by atoms with E-state index in [0.717, 1.165) is 26.1 Å². The van der Waals surface area contributed by atoms with E-state index in [-0.39, 0.29) is 6.61 Å². The first-order chi connectivity index (χ1) is 6.41. The summed E-state index contributed by atoms with van der Waals surface area (Å²) in [4.78, 5) is 4.07. The Morgan fingerprint density at radius 2 is 2.23 bits per heavy atom. The van der Waals surface area contributed by atoms with E-state index < -0.39 is 0 Å². The maximum Gasteiger partial charge on any atom is 0.0590 e. The molecule has 0 unspecified atom stereocenters. The van der Waals surface area contributed by atoms with Crippen molar-refractivity contribution in [2.24, 2.45) is 4.99 Å². The van der Waals surface area contributed by atoms with Gasteiger partial charge in [0.25, 0.3) is 0 Å². The fraction of sp³-hybridized carbons (Fsp3) is 0.889. The van der Waals surface area contributed by atoms with Crippen LogP contribution in [0.3, 0.4) is 0 Å².